The molecule has 0 aliphatic carbocycles. The average molecular weight is 242 g/mol. The minimum absolute atomic E-state index is 0.234. The maximum Gasteiger partial charge on any atom is 0.0561 e. The third-order valence-corrected chi connectivity index (χ3v) is 3.32. The molecule has 1 N–H and O–H groups in total. The van der Waals surface area contributed by atoms with Crippen LogP contribution in [0.25, 0.3) is 0 Å². The normalized spacial score (nSPS) is 14.8. The zero-order valence-corrected chi connectivity index (χ0v) is 11.1. The highest BCUT2D eigenvalue weighted by Crippen LogP contribution is 2.24. The largest absolute Gasteiger partial charge is 0.382 e. The lowest BCUT2D eigenvalue weighted by Gasteiger charge is -2.20. The van der Waals surface area contributed by atoms with E-state index in [4.69, 9.17) is 16.3 Å². The molecule has 0 aliphatic heterocycles. The van der Waals surface area contributed by atoms with Crippen LogP contribution in [0.15, 0.2) is 18.2 Å². The molecule has 0 amide bonds. The summed E-state index contributed by atoms with van der Waals surface area (Å²) in [6.07, 6.45) is 1.17. The Morgan fingerprint density at radius 3 is 2.62 bits per heavy atom. The highest BCUT2D eigenvalue weighted by molar-refractivity contribution is 6.31. The van der Waals surface area contributed by atoms with E-state index in [9.17, 15) is 0 Å². The van der Waals surface area contributed by atoms with Crippen molar-refractivity contribution in [1.82, 2.24) is 5.32 Å². The second kappa shape index (κ2) is 6.24. The summed E-state index contributed by atoms with van der Waals surface area (Å²) >= 11 is 6.13. The van der Waals surface area contributed by atoms with E-state index >= 15 is 0 Å². The summed E-state index contributed by atoms with van der Waals surface area (Å²) in [4.78, 5) is 0. The van der Waals surface area contributed by atoms with Crippen LogP contribution in [0.2, 0.25) is 5.02 Å². The number of rotatable bonds is 5. The number of benzene rings is 1. The predicted molar refractivity (Wildman–Crippen MR) is 69.1 cm³/mol. The van der Waals surface area contributed by atoms with Crippen LogP contribution in [0, 0.1) is 6.92 Å². The van der Waals surface area contributed by atoms with Crippen LogP contribution < -0.4 is 5.32 Å². The van der Waals surface area contributed by atoms with Crippen molar-refractivity contribution in [2.75, 3.05) is 14.2 Å². The summed E-state index contributed by atoms with van der Waals surface area (Å²) in [5.74, 6) is 0. The summed E-state index contributed by atoms with van der Waals surface area (Å²) in [7, 11) is 3.69. The minimum Gasteiger partial charge on any atom is -0.382 e. The van der Waals surface area contributed by atoms with Gasteiger partial charge in [0.1, 0.15) is 0 Å². The van der Waals surface area contributed by atoms with Gasteiger partial charge < -0.3 is 10.1 Å². The Morgan fingerprint density at radius 1 is 1.44 bits per heavy atom. The lowest BCUT2D eigenvalue weighted by Crippen LogP contribution is -2.22. The van der Waals surface area contributed by atoms with Crippen molar-refractivity contribution in [2.45, 2.75) is 32.4 Å². The van der Waals surface area contributed by atoms with E-state index in [1.54, 1.807) is 7.11 Å². The van der Waals surface area contributed by atoms with Crippen LogP contribution in [0.4, 0.5) is 0 Å². The average Bonchev–Trinajstić information content (AvgIpc) is 2.29. The number of methoxy groups -OCH3 is 1. The number of hydrogen-bond acceptors (Lipinski definition) is 2. The Morgan fingerprint density at radius 2 is 2.12 bits per heavy atom. The van der Waals surface area contributed by atoms with E-state index in [1.807, 2.05) is 20.0 Å². The van der Waals surface area contributed by atoms with Crippen molar-refractivity contribution in [3.63, 3.8) is 0 Å². The molecule has 0 saturated heterocycles. The van der Waals surface area contributed by atoms with Crippen LogP contribution in [0.3, 0.4) is 0 Å². The van der Waals surface area contributed by atoms with Crippen molar-refractivity contribution in [1.29, 1.82) is 0 Å². The highest BCUT2D eigenvalue weighted by Gasteiger charge is 2.13. The Balaban J connectivity index is 2.82. The molecule has 2 unspecified atom stereocenters. The Bertz CT molecular complexity index is 341. The zero-order chi connectivity index (χ0) is 12.1. The molecular weight excluding hydrogens is 222 g/mol. The number of ether oxygens (including phenoxy) is 1. The van der Waals surface area contributed by atoms with Gasteiger partial charge in [0.2, 0.25) is 0 Å². The molecule has 0 radical (unpaired) electrons. The zero-order valence-electron chi connectivity index (χ0n) is 10.4. The fraction of sp³-hybridized carbons (Fsp3) is 0.538. The van der Waals surface area contributed by atoms with Crippen LogP contribution >= 0.6 is 11.6 Å². The highest BCUT2D eigenvalue weighted by atomic mass is 35.5. The van der Waals surface area contributed by atoms with Gasteiger partial charge in [-0.3, -0.25) is 0 Å². The van der Waals surface area contributed by atoms with Gasteiger partial charge in [0.05, 0.1) is 6.10 Å². The molecule has 0 spiro atoms. The van der Waals surface area contributed by atoms with Crippen LogP contribution in [-0.2, 0) is 4.74 Å². The number of aryl methyl sites for hydroxylation is 1. The van der Waals surface area contributed by atoms with Crippen molar-refractivity contribution in [3.8, 4) is 0 Å². The molecule has 1 aromatic carbocycles. The summed E-state index contributed by atoms with van der Waals surface area (Å²) in [5, 5.41) is 4.11. The van der Waals surface area contributed by atoms with Gasteiger partial charge >= 0.3 is 0 Å². The first kappa shape index (κ1) is 13.5. The Hall–Kier alpha value is -0.570. The standard InChI is InChI=1S/C13H20ClNO/c1-9-5-6-11(8-12(9)14)13(15-3)7-10(2)16-4/h5-6,8,10,13,15H,7H2,1-4H3. The summed E-state index contributed by atoms with van der Waals surface area (Å²) in [5.41, 5.74) is 2.32. The maximum absolute atomic E-state index is 6.13. The van der Waals surface area contributed by atoms with Gasteiger partial charge in [-0.2, -0.15) is 0 Å². The number of hydrogen-bond donors (Lipinski definition) is 1. The Labute approximate surface area is 103 Å². The molecule has 0 saturated carbocycles. The topological polar surface area (TPSA) is 21.3 Å². The molecule has 16 heavy (non-hydrogen) atoms. The molecule has 0 aliphatic rings. The molecule has 3 heteroatoms. The van der Waals surface area contributed by atoms with Crippen molar-refractivity contribution >= 4 is 11.6 Å². The molecule has 2 atom stereocenters. The van der Waals surface area contributed by atoms with Crippen molar-refractivity contribution in [2.24, 2.45) is 0 Å². The quantitative estimate of drug-likeness (QED) is 0.854. The molecule has 2 nitrogen and oxygen atoms in total. The fourth-order valence-corrected chi connectivity index (χ4v) is 1.86. The van der Waals surface area contributed by atoms with E-state index in [1.165, 1.54) is 5.56 Å². The Kier molecular flexibility index (Phi) is 5.26. The first-order valence-corrected chi connectivity index (χ1v) is 5.92. The molecule has 0 aromatic heterocycles. The SMILES string of the molecule is CNC(CC(C)OC)c1ccc(C)c(Cl)c1. The molecule has 1 rings (SSSR count). The number of nitrogens with one attached hydrogen (secondary N) is 1. The van der Waals surface area contributed by atoms with Crippen molar-refractivity contribution in [3.05, 3.63) is 34.3 Å². The maximum atomic E-state index is 6.13. The van der Waals surface area contributed by atoms with E-state index in [0.717, 1.165) is 17.0 Å². The first-order valence-electron chi connectivity index (χ1n) is 5.54. The molecule has 0 fully saturated rings. The van der Waals surface area contributed by atoms with E-state index in [2.05, 4.69) is 24.4 Å². The van der Waals surface area contributed by atoms with Gasteiger partial charge in [-0.1, -0.05) is 23.7 Å². The van der Waals surface area contributed by atoms with Crippen LogP contribution in [-0.4, -0.2) is 20.3 Å². The summed E-state index contributed by atoms with van der Waals surface area (Å²) < 4.78 is 5.28. The van der Waals surface area contributed by atoms with Crippen LogP contribution in [0.5, 0.6) is 0 Å². The van der Waals surface area contributed by atoms with E-state index < -0.39 is 0 Å². The molecular formula is C13H20ClNO. The number of halogens is 1. The second-order valence-electron chi connectivity index (χ2n) is 4.13. The second-order valence-corrected chi connectivity index (χ2v) is 4.54. The smallest absolute Gasteiger partial charge is 0.0561 e. The van der Waals surface area contributed by atoms with E-state index in [0.29, 0.717) is 0 Å². The summed E-state index contributed by atoms with van der Waals surface area (Å²) in [6, 6.07) is 6.48. The van der Waals surface area contributed by atoms with E-state index in [-0.39, 0.29) is 12.1 Å². The van der Waals surface area contributed by atoms with Gasteiger partial charge in [-0.15, -0.1) is 0 Å². The minimum atomic E-state index is 0.234. The molecule has 0 heterocycles. The first-order chi connectivity index (χ1) is 7.58. The monoisotopic (exact) mass is 241 g/mol. The summed E-state index contributed by atoms with van der Waals surface area (Å²) in [6.45, 7) is 4.08. The lowest BCUT2D eigenvalue weighted by atomic mass is 10.00. The molecule has 90 valence electrons. The lowest BCUT2D eigenvalue weighted by molar-refractivity contribution is 0.101. The fourth-order valence-electron chi connectivity index (χ4n) is 1.67. The van der Waals surface area contributed by atoms with Gasteiger partial charge in [0.15, 0.2) is 0 Å². The predicted octanol–water partition coefficient (Wildman–Crippen LogP) is 3.33. The van der Waals surface area contributed by atoms with Crippen molar-refractivity contribution < 1.29 is 4.74 Å². The third kappa shape index (κ3) is 3.48. The van der Waals surface area contributed by atoms with Gasteiger partial charge in [-0.25, -0.2) is 0 Å². The molecule has 0 bridgehead atoms. The third-order valence-electron chi connectivity index (χ3n) is 2.92. The van der Waals surface area contributed by atoms with Gasteiger partial charge in [0.25, 0.3) is 0 Å². The van der Waals surface area contributed by atoms with Crippen LogP contribution in [0.1, 0.15) is 30.5 Å². The van der Waals surface area contributed by atoms with Gasteiger partial charge in [0, 0.05) is 18.2 Å². The molecule has 1 aromatic rings. The van der Waals surface area contributed by atoms with Gasteiger partial charge in [-0.05, 0) is 44.5 Å².